The molecule has 5 heterocycles. The van der Waals surface area contributed by atoms with Crippen molar-refractivity contribution < 1.29 is 28.7 Å². The van der Waals surface area contributed by atoms with E-state index in [9.17, 15) is 19.2 Å². The molecule has 0 fully saturated rings. The summed E-state index contributed by atoms with van der Waals surface area (Å²) in [4.78, 5) is 74.4. The molecule has 5 N–H and O–H groups in total. The average Bonchev–Trinajstić information content (AvgIpc) is 1.68. The number of esters is 1. The predicted molar refractivity (Wildman–Crippen MR) is 411 cm³/mol. The molecule has 13 heteroatoms. The third kappa shape index (κ3) is 17.6. The highest BCUT2D eigenvalue weighted by Crippen LogP contribution is 2.44. The Bertz CT molecular complexity index is 4310. The maximum Gasteiger partial charge on any atom is 0.408 e. The monoisotopic (exact) mass is 1340 g/mol. The molecule has 3 atom stereocenters. The van der Waals surface area contributed by atoms with Crippen LogP contribution < -0.4 is 16.0 Å². The first-order chi connectivity index (χ1) is 45.7. The number of alkyl carbamates (subject to hydrolysis) is 1. The zero-order valence-corrected chi connectivity index (χ0v) is 63.7. The molecule has 3 aromatic heterocycles. The number of ether oxygens (including phenoxy) is 2. The fourth-order valence-corrected chi connectivity index (χ4v) is 12.6. The molecule has 9 rings (SSSR count). The zero-order valence-electron chi connectivity index (χ0n) is 63.7. The van der Waals surface area contributed by atoms with Crippen LogP contribution in [0.2, 0.25) is 0 Å². The molecule has 4 aromatic carbocycles. The molecule has 0 saturated heterocycles. The van der Waals surface area contributed by atoms with Crippen molar-refractivity contribution >= 4 is 70.2 Å². The Morgan fingerprint density at radius 1 is 0.404 bits per heavy atom. The molecule has 13 nitrogen and oxygen atoms in total. The van der Waals surface area contributed by atoms with Gasteiger partial charge in [-0.2, -0.15) is 0 Å². The normalized spacial score (nSPS) is 14.0. The third-order valence-corrected chi connectivity index (χ3v) is 18.6. The number of rotatable bonds is 14. The molecule has 0 unspecified atom stereocenters. The van der Waals surface area contributed by atoms with Crippen molar-refractivity contribution in [2.45, 2.75) is 235 Å². The van der Waals surface area contributed by atoms with Gasteiger partial charge < -0.3 is 35.4 Å². The van der Waals surface area contributed by atoms with Crippen LogP contribution in [0.4, 0.5) is 4.79 Å². The number of nitrogens with one attached hydrogen (secondary N) is 5. The van der Waals surface area contributed by atoms with Crippen LogP contribution in [0.3, 0.4) is 0 Å². The van der Waals surface area contributed by atoms with Crippen molar-refractivity contribution in [1.82, 2.24) is 35.9 Å². The van der Waals surface area contributed by atoms with Gasteiger partial charge in [-0.15, -0.1) is 0 Å². The van der Waals surface area contributed by atoms with Gasteiger partial charge in [-0.1, -0.05) is 217 Å². The average molecular weight is 1340 g/mol. The van der Waals surface area contributed by atoms with E-state index in [4.69, 9.17) is 19.4 Å². The van der Waals surface area contributed by atoms with Gasteiger partial charge in [-0.3, -0.25) is 9.59 Å². The number of hydrogen-bond donors (Lipinski definition) is 5. The molecule has 0 saturated carbocycles. The molecular weight excluding hydrogens is 1230 g/mol. The summed E-state index contributed by atoms with van der Waals surface area (Å²) in [5, 5.41) is 8.43. The minimum absolute atomic E-state index is 0.0108. The first kappa shape index (κ1) is 74.4. The van der Waals surface area contributed by atoms with E-state index >= 15 is 0 Å². The quantitative estimate of drug-likeness (QED) is 0.0667. The van der Waals surface area contributed by atoms with Gasteiger partial charge in [0.25, 0.3) is 0 Å². The Labute approximate surface area is 589 Å². The number of aromatic nitrogens is 4. The second-order valence-electron chi connectivity index (χ2n) is 34.9. The third-order valence-electron chi connectivity index (χ3n) is 18.6. The van der Waals surface area contributed by atoms with Gasteiger partial charge in [0.1, 0.15) is 23.7 Å². The van der Waals surface area contributed by atoms with E-state index in [0.717, 1.165) is 89.4 Å². The van der Waals surface area contributed by atoms with Gasteiger partial charge >= 0.3 is 12.1 Å². The standard InChI is InChI=1S/C86H109N7O6/c1-49(2)38-70(93-79(97)99-86(22,23)24)77(95)92-71(76(94)87-50(3)78(96)98-25)39-51-26-28-52(29-27-51)72-62-30-32-64(88-62)73(53-40-56(80(4,5)6)46-57(41-53)81(7,8)9)66-34-36-68(90-66)75(55-44-60(84(16,17)18)48-61(45-55)85(19,20)21)69-37-35-67(91-69)74(65-33-31-63(72)89-65)54-42-58(82(10,11)12)47-59(43-54)83(13,14)15/h26-37,40-50,70-71,88,91H,38-39H2,1-25H3,(H,87,94)(H,92,95)(H,93,97)/t50-,70-,71-/m0/s1. The summed E-state index contributed by atoms with van der Waals surface area (Å²) in [7, 11) is 1.25. The van der Waals surface area contributed by atoms with Crippen molar-refractivity contribution in [3.63, 3.8) is 0 Å². The molecule has 524 valence electrons. The summed E-state index contributed by atoms with van der Waals surface area (Å²) in [5.74, 6) is -1.83. The Balaban J connectivity index is 1.37. The van der Waals surface area contributed by atoms with Crippen molar-refractivity contribution in [1.29, 1.82) is 0 Å². The summed E-state index contributed by atoms with van der Waals surface area (Å²) in [6, 6.07) is 34.6. The number of aromatic amines is 2. The number of methoxy groups -OCH3 is 1. The molecule has 8 bridgehead atoms. The highest BCUT2D eigenvalue weighted by atomic mass is 16.6. The van der Waals surface area contributed by atoms with Crippen LogP contribution in [0.15, 0.2) is 103 Å². The van der Waals surface area contributed by atoms with Crippen molar-refractivity contribution in [3.8, 4) is 44.5 Å². The van der Waals surface area contributed by atoms with E-state index in [2.05, 4.69) is 254 Å². The van der Waals surface area contributed by atoms with Crippen LogP contribution in [0.25, 0.3) is 90.9 Å². The van der Waals surface area contributed by atoms with Gasteiger partial charge in [-0.25, -0.2) is 19.6 Å². The van der Waals surface area contributed by atoms with Crippen molar-refractivity contribution in [2.75, 3.05) is 7.11 Å². The summed E-state index contributed by atoms with van der Waals surface area (Å²) in [6.45, 7) is 51.6. The Morgan fingerprint density at radius 2 is 0.717 bits per heavy atom. The lowest BCUT2D eigenvalue weighted by Crippen LogP contribution is -2.56. The number of amides is 3. The van der Waals surface area contributed by atoms with Crippen LogP contribution >= 0.6 is 0 Å². The van der Waals surface area contributed by atoms with E-state index in [1.807, 2.05) is 38.1 Å². The van der Waals surface area contributed by atoms with Gasteiger partial charge in [0.15, 0.2) is 0 Å². The first-order valence-corrected chi connectivity index (χ1v) is 35.2. The number of carbonyl (C=O) groups is 4. The molecule has 2 aliphatic heterocycles. The van der Waals surface area contributed by atoms with Crippen molar-refractivity contribution in [3.05, 3.63) is 165 Å². The van der Waals surface area contributed by atoms with E-state index in [0.29, 0.717) is 5.56 Å². The number of hydrogen-bond acceptors (Lipinski definition) is 8. The molecule has 0 spiro atoms. The number of nitrogens with zero attached hydrogens (tertiary/aromatic N) is 2. The largest absolute Gasteiger partial charge is 0.467 e. The zero-order chi connectivity index (χ0) is 73.0. The summed E-state index contributed by atoms with van der Waals surface area (Å²) >= 11 is 0. The topological polar surface area (TPSA) is 180 Å². The van der Waals surface area contributed by atoms with Crippen LogP contribution in [0.5, 0.6) is 0 Å². The van der Waals surface area contributed by atoms with Crippen LogP contribution in [0, 0.1) is 5.92 Å². The maximum absolute atomic E-state index is 14.4. The Kier molecular flexibility index (Phi) is 20.8. The number of H-pyrrole nitrogens is 2. The lowest BCUT2D eigenvalue weighted by molar-refractivity contribution is -0.144. The predicted octanol–water partition coefficient (Wildman–Crippen LogP) is 19.8. The summed E-state index contributed by atoms with van der Waals surface area (Å²) in [5.41, 5.74) is 20.5. The molecule has 0 radical (unpaired) electrons. The molecule has 0 aliphatic carbocycles. The van der Waals surface area contributed by atoms with Crippen LogP contribution in [0.1, 0.15) is 234 Å². The highest BCUT2D eigenvalue weighted by molar-refractivity contribution is 6.01. The fourth-order valence-electron chi connectivity index (χ4n) is 12.6. The lowest BCUT2D eigenvalue weighted by Gasteiger charge is -2.26. The van der Waals surface area contributed by atoms with Crippen LogP contribution in [-0.2, 0) is 62.8 Å². The second-order valence-corrected chi connectivity index (χ2v) is 34.9. The van der Waals surface area contributed by atoms with Gasteiger partial charge in [0.05, 0.1) is 29.9 Å². The molecule has 7 aromatic rings. The molecular formula is C86H109N7O6. The minimum atomic E-state index is -1.18. The Morgan fingerprint density at radius 3 is 1.01 bits per heavy atom. The van der Waals surface area contributed by atoms with E-state index in [1.165, 1.54) is 47.4 Å². The van der Waals surface area contributed by atoms with E-state index in [-0.39, 0.29) is 51.2 Å². The summed E-state index contributed by atoms with van der Waals surface area (Å²) in [6.07, 6.45) is 8.15. The second kappa shape index (κ2) is 27.7. The molecule has 2 aliphatic rings. The van der Waals surface area contributed by atoms with Gasteiger partial charge in [0.2, 0.25) is 11.8 Å². The number of carbonyl (C=O) groups excluding carboxylic acids is 4. The number of benzene rings is 4. The van der Waals surface area contributed by atoms with Gasteiger partial charge in [0, 0.05) is 50.7 Å². The van der Waals surface area contributed by atoms with Gasteiger partial charge in [-0.05, 0) is 182 Å². The maximum atomic E-state index is 14.4. The van der Waals surface area contributed by atoms with Crippen LogP contribution in [-0.4, -0.2) is 74.6 Å². The first-order valence-electron chi connectivity index (χ1n) is 35.2. The molecule has 99 heavy (non-hydrogen) atoms. The van der Waals surface area contributed by atoms with E-state index in [1.54, 1.807) is 20.8 Å². The molecule has 3 amide bonds. The fraction of sp³-hybridized carbons (Fsp3) is 0.442. The highest BCUT2D eigenvalue weighted by Gasteiger charge is 2.33. The SMILES string of the molecule is COC(=O)[C@H](C)NC(=O)[C@H](Cc1ccc(-c2c3nc(c(-c4cc(C(C)(C)C)cc(C(C)(C)C)c4)c4ccc([nH]4)c(-c4cc(C(C)(C)C)cc(C(C)(C)C)c4)c4nc(c(-c5cc(C(C)(C)C)cc(C(C)(C)C)c5)c5ccc2[nH]5)C=C4)C=C3)cc1)NC(=O)[C@H](CC(C)C)NC(=O)OC(C)(C)C. The van der Waals surface area contributed by atoms with Crippen molar-refractivity contribution in [2.24, 2.45) is 5.92 Å². The Hall–Kier alpha value is -8.84. The number of fused-ring (bicyclic) bond motifs is 8. The smallest absolute Gasteiger partial charge is 0.408 e. The minimum Gasteiger partial charge on any atom is -0.467 e. The summed E-state index contributed by atoms with van der Waals surface area (Å²) < 4.78 is 10.5. The van der Waals surface area contributed by atoms with E-state index < -0.39 is 47.6 Å². The lowest BCUT2D eigenvalue weighted by atomic mass is 9.78.